The van der Waals surface area contributed by atoms with E-state index in [0.29, 0.717) is 0 Å². The fourth-order valence-corrected chi connectivity index (χ4v) is 7.00. The Morgan fingerprint density at radius 3 is 1.60 bits per heavy atom. The van der Waals surface area contributed by atoms with Gasteiger partial charge < -0.3 is 4.42 Å². The molecule has 0 saturated carbocycles. The van der Waals surface area contributed by atoms with Crippen molar-refractivity contribution < 1.29 is 4.42 Å². The van der Waals surface area contributed by atoms with Gasteiger partial charge in [-0.2, -0.15) is 0 Å². The maximum absolute atomic E-state index is 6.47. The number of hydrogen-bond donors (Lipinski definition) is 0. The van der Waals surface area contributed by atoms with Crippen molar-refractivity contribution in [1.82, 2.24) is 0 Å². The molecular weight excluding hydrogens is 520 g/mol. The molecule has 43 heavy (non-hydrogen) atoms. The molecule has 0 unspecified atom stereocenters. The van der Waals surface area contributed by atoms with Crippen LogP contribution in [0.25, 0.3) is 87.6 Å². The summed E-state index contributed by atoms with van der Waals surface area (Å²) < 4.78 is 6.47. The molecule has 0 atom stereocenters. The second-order valence-electron chi connectivity index (χ2n) is 11.2. The summed E-state index contributed by atoms with van der Waals surface area (Å²) in [6.07, 6.45) is 0. The van der Waals surface area contributed by atoms with Gasteiger partial charge in [-0.25, -0.2) is 0 Å². The van der Waals surface area contributed by atoms with Crippen LogP contribution in [0, 0.1) is 0 Å². The fraction of sp³-hybridized carbons (Fsp3) is 0. The first-order valence-corrected chi connectivity index (χ1v) is 14.8. The molecule has 1 nitrogen and oxygen atoms in total. The number of benzene rings is 8. The normalized spacial score (nSPS) is 11.7. The van der Waals surface area contributed by atoms with Gasteiger partial charge in [0.25, 0.3) is 0 Å². The molecule has 0 fully saturated rings. The lowest BCUT2D eigenvalue weighted by Crippen LogP contribution is -1.92. The number of fused-ring (bicyclic) bond motifs is 6. The Bertz CT molecular complexity index is 2440. The molecule has 1 heterocycles. The highest BCUT2D eigenvalue weighted by atomic mass is 16.3. The molecule has 0 aliphatic carbocycles. The molecule has 1 aromatic heterocycles. The highest BCUT2D eigenvalue weighted by Crippen LogP contribution is 2.48. The van der Waals surface area contributed by atoms with Gasteiger partial charge in [0.05, 0.1) is 0 Å². The van der Waals surface area contributed by atoms with Gasteiger partial charge in [-0.3, -0.25) is 0 Å². The van der Waals surface area contributed by atoms with Crippen molar-refractivity contribution in [3.05, 3.63) is 158 Å². The van der Waals surface area contributed by atoms with Crippen LogP contribution in [0.5, 0.6) is 0 Å². The molecule has 0 aliphatic heterocycles. The van der Waals surface area contributed by atoms with Crippen molar-refractivity contribution in [1.29, 1.82) is 0 Å². The zero-order chi connectivity index (χ0) is 28.3. The van der Waals surface area contributed by atoms with E-state index in [2.05, 4.69) is 158 Å². The third-order valence-electron chi connectivity index (χ3n) is 8.86. The largest absolute Gasteiger partial charge is 0.456 e. The minimum atomic E-state index is 0.906. The Hall–Kier alpha value is -5.66. The quantitative estimate of drug-likeness (QED) is 0.201. The van der Waals surface area contributed by atoms with Crippen molar-refractivity contribution in [3.8, 4) is 33.4 Å². The smallest absolute Gasteiger partial charge is 0.136 e. The molecule has 0 amide bonds. The fourth-order valence-electron chi connectivity index (χ4n) is 7.00. The third kappa shape index (κ3) is 3.65. The molecule has 9 rings (SSSR count). The SMILES string of the molecule is c1ccc(-c2ccc3oc4cccc(-c5c6ccccc6c(-c6cccc7ccccc67)c6ccccc56)c4c3c2)cc1. The summed E-state index contributed by atoms with van der Waals surface area (Å²) in [6.45, 7) is 0. The minimum Gasteiger partial charge on any atom is -0.456 e. The van der Waals surface area contributed by atoms with E-state index >= 15 is 0 Å². The molecule has 0 saturated heterocycles. The van der Waals surface area contributed by atoms with E-state index in [9.17, 15) is 0 Å². The van der Waals surface area contributed by atoms with Gasteiger partial charge in [0.2, 0.25) is 0 Å². The van der Waals surface area contributed by atoms with E-state index in [1.807, 2.05) is 0 Å². The Morgan fingerprint density at radius 2 is 0.884 bits per heavy atom. The first-order chi connectivity index (χ1) is 21.3. The molecule has 0 aliphatic rings. The standard InChI is InChI=1S/C42H26O/c1-2-12-27(13-3-1)29-24-25-38-37(26-29)42-36(22-11-23-39(42)43-38)41-34-19-8-6-17-32(34)40(33-18-7-9-20-35(33)41)31-21-10-15-28-14-4-5-16-30(28)31/h1-26H. The zero-order valence-corrected chi connectivity index (χ0v) is 23.4. The lowest BCUT2D eigenvalue weighted by molar-refractivity contribution is 0.669. The maximum Gasteiger partial charge on any atom is 0.136 e. The minimum absolute atomic E-state index is 0.906. The molecular formula is C42H26O. The van der Waals surface area contributed by atoms with Crippen LogP contribution in [0.3, 0.4) is 0 Å². The molecule has 0 N–H and O–H groups in total. The molecule has 0 bridgehead atoms. The van der Waals surface area contributed by atoms with Gasteiger partial charge in [0.15, 0.2) is 0 Å². The lowest BCUT2D eigenvalue weighted by atomic mass is 9.84. The topological polar surface area (TPSA) is 13.1 Å². The Morgan fingerprint density at radius 1 is 0.326 bits per heavy atom. The predicted molar refractivity (Wildman–Crippen MR) is 183 cm³/mol. The Kier molecular flexibility index (Phi) is 5.27. The van der Waals surface area contributed by atoms with Crippen LogP contribution < -0.4 is 0 Å². The van der Waals surface area contributed by atoms with Crippen LogP contribution in [0.1, 0.15) is 0 Å². The summed E-state index contributed by atoms with van der Waals surface area (Å²) in [5.41, 5.74) is 9.18. The number of hydrogen-bond acceptors (Lipinski definition) is 1. The molecule has 9 aromatic rings. The predicted octanol–water partition coefficient (Wildman–Crippen LogP) is 12.0. The first-order valence-electron chi connectivity index (χ1n) is 14.8. The van der Waals surface area contributed by atoms with E-state index in [1.165, 1.54) is 65.7 Å². The van der Waals surface area contributed by atoms with Crippen molar-refractivity contribution in [2.24, 2.45) is 0 Å². The highest BCUT2D eigenvalue weighted by molar-refractivity contribution is 6.27. The van der Waals surface area contributed by atoms with Gasteiger partial charge in [0.1, 0.15) is 11.2 Å². The first kappa shape index (κ1) is 24.0. The average Bonchev–Trinajstić information content (AvgIpc) is 3.46. The highest BCUT2D eigenvalue weighted by Gasteiger charge is 2.21. The van der Waals surface area contributed by atoms with Crippen molar-refractivity contribution >= 4 is 54.3 Å². The summed E-state index contributed by atoms with van der Waals surface area (Å²) in [4.78, 5) is 0. The monoisotopic (exact) mass is 546 g/mol. The van der Waals surface area contributed by atoms with Crippen molar-refractivity contribution in [3.63, 3.8) is 0 Å². The average molecular weight is 547 g/mol. The lowest BCUT2D eigenvalue weighted by Gasteiger charge is -2.19. The van der Waals surface area contributed by atoms with E-state index < -0.39 is 0 Å². The zero-order valence-electron chi connectivity index (χ0n) is 23.4. The van der Waals surface area contributed by atoms with Gasteiger partial charge in [-0.15, -0.1) is 0 Å². The van der Waals surface area contributed by atoms with Gasteiger partial charge >= 0.3 is 0 Å². The summed E-state index contributed by atoms with van der Waals surface area (Å²) in [6, 6.07) is 56.7. The molecule has 200 valence electrons. The van der Waals surface area contributed by atoms with Gasteiger partial charge in [-0.05, 0) is 83.9 Å². The number of furan rings is 1. The molecule has 0 spiro atoms. The molecule has 1 heteroatoms. The van der Waals surface area contributed by atoms with Gasteiger partial charge in [0, 0.05) is 10.8 Å². The summed E-state index contributed by atoms with van der Waals surface area (Å²) >= 11 is 0. The second-order valence-corrected chi connectivity index (χ2v) is 11.2. The van der Waals surface area contributed by atoms with Crippen LogP contribution >= 0.6 is 0 Å². The van der Waals surface area contributed by atoms with Gasteiger partial charge in [-0.1, -0.05) is 140 Å². The van der Waals surface area contributed by atoms with Crippen molar-refractivity contribution in [2.75, 3.05) is 0 Å². The Balaban J connectivity index is 1.42. The number of rotatable bonds is 3. The third-order valence-corrected chi connectivity index (χ3v) is 8.86. The van der Waals surface area contributed by atoms with Crippen LogP contribution in [0.15, 0.2) is 162 Å². The van der Waals surface area contributed by atoms with E-state index in [1.54, 1.807) is 0 Å². The maximum atomic E-state index is 6.47. The summed E-state index contributed by atoms with van der Waals surface area (Å²) in [5, 5.41) is 9.80. The summed E-state index contributed by atoms with van der Waals surface area (Å²) in [7, 11) is 0. The van der Waals surface area contributed by atoms with Crippen LogP contribution in [-0.2, 0) is 0 Å². The van der Waals surface area contributed by atoms with Crippen LogP contribution in [0.2, 0.25) is 0 Å². The van der Waals surface area contributed by atoms with Crippen LogP contribution in [0.4, 0.5) is 0 Å². The van der Waals surface area contributed by atoms with Crippen molar-refractivity contribution in [2.45, 2.75) is 0 Å². The van der Waals surface area contributed by atoms with E-state index in [4.69, 9.17) is 4.42 Å². The van der Waals surface area contributed by atoms with Crippen LogP contribution in [-0.4, -0.2) is 0 Å². The van der Waals surface area contributed by atoms with E-state index in [0.717, 1.165) is 21.9 Å². The van der Waals surface area contributed by atoms with E-state index in [-0.39, 0.29) is 0 Å². The second kappa shape index (κ2) is 9.44. The molecule has 0 radical (unpaired) electrons. The summed E-state index contributed by atoms with van der Waals surface area (Å²) in [5.74, 6) is 0. The molecule has 8 aromatic carbocycles. The Labute approximate surface area is 249 Å².